The molecule has 0 aliphatic rings. The lowest BCUT2D eigenvalue weighted by Gasteiger charge is -2.05. The number of unbranched alkanes of at least 4 members (excludes halogenated alkanes) is 4. The Balaban J connectivity index is 1.34. The van der Waals surface area contributed by atoms with E-state index in [1.165, 1.54) is 12.8 Å². The van der Waals surface area contributed by atoms with Gasteiger partial charge in [0, 0.05) is 38.7 Å². The Labute approximate surface area is 138 Å². The van der Waals surface area contributed by atoms with Gasteiger partial charge < -0.3 is 4.74 Å². The van der Waals surface area contributed by atoms with Crippen molar-refractivity contribution in [2.75, 3.05) is 13.2 Å². The highest BCUT2D eigenvalue weighted by Crippen LogP contribution is 2.02. The van der Waals surface area contributed by atoms with E-state index < -0.39 is 0 Å². The summed E-state index contributed by atoms with van der Waals surface area (Å²) in [6.07, 6.45) is 10.8. The van der Waals surface area contributed by atoms with Gasteiger partial charge in [-0.25, -0.2) is 0 Å². The third-order valence-electron chi connectivity index (χ3n) is 3.66. The van der Waals surface area contributed by atoms with Crippen LogP contribution in [0.3, 0.4) is 0 Å². The monoisotopic (exact) mass is 320 g/mol. The Morgan fingerprint density at radius 1 is 0.739 bits per heavy atom. The van der Waals surface area contributed by atoms with Crippen LogP contribution in [-0.4, -0.2) is 43.2 Å². The van der Waals surface area contributed by atoms with Gasteiger partial charge in [-0.15, -0.1) is 10.2 Å². The molecule has 0 aromatic carbocycles. The number of aryl methyl sites for hydroxylation is 4. The Kier molecular flexibility index (Phi) is 7.72. The van der Waals surface area contributed by atoms with Crippen LogP contribution in [-0.2, 0) is 17.8 Å². The lowest BCUT2D eigenvalue weighted by Crippen LogP contribution is -2.02. The molecule has 0 fully saturated rings. The lowest BCUT2D eigenvalue weighted by molar-refractivity contribution is 0.125. The maximum Gasteiger partial charge on any atom is 0.0796 e. The smallest absolute Gasteiger partial charge is 0.0796 e. The topological polar surface area (TPSA) is 70.7 Å². The van der Waals surface area contributed by atoms with Crippen LogP contribution in [0.2, 0.25) is 0 Å². The van der Waals surface area contributed by atoms with Gasteiger partial charge in [0.1, 0.15) is 0 Å². The molecule has 0 spiro atoms. The predicted molar refractivity (Wildman–Crippen MR) is 88.0 cm³/mol. The molecule has 0 atom stereocenters. The number of nitrogens with zero attached hydrogens (tertiary/aromatic N) is 6. The first kappa shape index (κ1) is 17.6. The minimum Gasteiger partial charge on any atom is -0.381 e. The van der Waals surface area contributed by atoms with Gasteiger partial charge in [-0.3, -0.25) is 9.36 Å². The van der Waals surface area contributed by atoms with Crippen molar-refractivity contribution in [3.8, 4) is 0 Å². The molecule has 0 unspecified atom stereocenters. The lowest BCUT2D eigenvalue weighted by atomic mass is 10.2. The summed E-state index contributed by atoms with van der Waals surface area (Å²) in [4.78, 5) is 0. The van der Waals surface area contributed by atoms with Gasteiger partial charge in [0.2, 0.25) is 0 Å². The Morgan fingerprint density at radius 2 is 1.22 bits per heavy atom. The van der Waals surface area contributed by atoms with Crippen molar-refractivity contribution in [2.45, 2.75) is 65.5 Å². The van der Waals surface area contributed by atoms with E-state index in [0.29, 0.717) is 0 Å². The van der Waals surface area contributed by atoms with E-state index >= 15 is 0 Å². The quantitative estimate of drug-likeness (QED) is 0.562. The normalized spacial score (nSPS) is 11.2. The number of hydrogen-bond donors (Lipinski definition) is 0. The molecule has 0 bridgehead atoms. The first-order valence-corrected chi connectivity index (χ1v) is 8.55. The van der Waals surface area contributed by atoms with E-state index in [1.807, 2.05) is 35.6 Å². The van der Waals surface area contributed by atoms with Crippen LogP contribution in [0, 0.1) is 13.8 Å². The molecule has 2 aromatic heterocycles. The van der Waals surface area contributed by atoms with Gasteiger partial charge in [-0.1, -0.05) is 10.4 Å². The van der Waals surface area contributed by atoms with Crippen LogP contribution < -0.4 is 0 Å². The predicted octanol–water partition coefficient (Wildman–Crippen LogP) is 2.54. The molecule has 0 saturated heterocycles. The van der Waals surface area contributed by atoms with E-state index in [0.717, 1.165) is 63.4 Å². The zero-order valence-electron chi connectivity index (χ0n) is 14.3. The standard InChI is InChI=1S/C16H28N6O/c1-15-13-21(19-17-15)9-5-3-7-11-23-12-8-4-6-10-22-14-16(2)18-20-22/h13-14H,3-12H2,1-2H3. The van der Waals surface area contributed by atoms with E-state index in [-0.39, 0.29) is 0 Å². The second-order valence-electron chi connectivity index (χ2n) is 5.98. The molecule has 0 N–H and O–H groups in total. The molecule has 2 aromatic rings. The molecule has 2 rings (SSSR count). The molecule has 23 heavy (non-hydrogen) atoms. The van der Waals surface area contributed by atoms with Gasteiger partial charge >= 0.3 is 0 Å². The summed E-state index contributed by atoms with van der Waals surface area (Å²) < 4.78 is 9.50. The van der Waals surface area contributed by atoms with Crippen molar-refractivity contribution in [1.29, 1.82) is 0 Å². The maximum atomic E-state index is 5.68. The van der Waals surface area contributed by atoms with Crippen molar-refractivity contribution in [2.24, 2.45) is 0 Å². The second-order valence-corrected chi connectivity index (χ2v) is 5.98. The number of ether oxygens (including phenoxy) is 1. The van der Waals surface area contributed by atoms with Gasteiger partial charge in [0.05, 0.1) is 11.4 Å². The molecular weight excluding hydrogens is 292 g/mol. The van der Waals surface area contributed by atoms with Crippen LogP contribution in [0.15, 0.2) is 12.4 Å². The summed E-state index contributed by atoms with van der Waals surface area (Å²) in [5.41, 5.74) is 1.96. The maximum absolute atomic E-state index is 5.68. The van der Waals surface area contributed by atoms with Crippen molar-refractivity contribution in [3.05, 3.63) is 23.8 Å². The highest BCUT2D eigenvalue weighted by atomic mass is 16.5. The van der Waals surface area contributed by atoms with Crippen LogP contribution in [0.4, 0.5) is 0 Å². The zero-order valence-corrected chi connectivity index (χ0v) is 14.3. The van der Waals surface area contributed by atoms with Gasteiger partial charge in [-0.2, -0.15) is 0 Å². The molecule has 128 valence electrons. The van der Waals surface area contributed by atoms with Gasteiger partial charge in [-0.05, 0) is 52.4 Å². The first-order chi connectivity index (χ1) is 11.2. The van der Waals surface area contributed by atoms with Crippen LogP contribution >= 0.6 is 0 Å². The summed E-state index contributed by atoms with van der Waals surface area (Å²) in [6.45, 7) is 7.54. The summed E-state index contributed by atoms with van der Waals surface area (Å²) in [5, 5.41) is 16.0. The molecule has 0 radical (unpaired) electrons. The summed E-state index contributed by atoms with van der Waals surface area (Å²) in [6, 6.07) is 0. The molecule has 0 saturated carbocycles. The number of hydrogen-bond acceptors (Lipinski definition) is 5. The number of aromatic nitrogens is 6. The third-order valence-corrected chi connectivity index (χ3v) is 3.66. The number of rotatable bonds is 12. The Bertz CT molecular complexity index is 502. The minimum absolute atomic E-state index is 0.860. The average molecular weight is 320 g/mol. The largest absolute Gasteiger partial charge is 0.381 e. The molecule has 0 amide bonds. The highest BCUT2D eigenvalue weighted by Gasteiger charge is 1.97. The van der Waals surface area contributed by atoms with Crippen molar-refractivity contribution < 1.29 is 4.74 Å². The summed E-state index contributed by atoms with van der Waals surface area (Å²) in [7, 11) is 0. The summed E-state index contributed by atoms with van der Waals surface area (Å²) >= 11 is 0. The highest BCUT2D eigenvalue weighted by molar-refractivity contribution is 4.86. The fourth-order valence-electron chi connectivity index (χ4n) is 2.42. The molecule has 7 nitrogen and oxygen atoms in total. The third kappa shape index (κ3) is 7.36. The Hall–Kier alpha value is -1.76. The minimum atomic E-state index is 0.860. The van der Waals surface area contributed by atoms with Crippen LogP contribution in [0.5, 0.6) is 0 Å². The first-order valence-electron chi connectivity index (χ1n) is 8.55. The van der Waals surface area contributed by atoms with Gasteiger partial charge in [0.25, 0.3) is 0 Å². The molecule has 0 aliphatic carbocycles. The van der Waals surface area contributed by atoms with E-state index in [2.05, 4.69) is 20.6 Å². The van der Waals surface area contributed by atoms with E-state index in [9.17, 15) is 0 Å². The summed E-state index contributed by atoms with van der Waals surface area (Å²) in [5.74, 6) is 0. The van der Waals surface area contributed by atoms with E-state index in [4.69, 9.17) is 4.74 Å². The van der Waals surface area contributed by atoms with E-state index in [1.54, 1.807) is 0 Å². The average Bonchev–Trinajstić information content (AvgIpc) is 3.13. The fraction of sp³-hybridized carbons (Fsp3) is 0.750. The second kappa shape index (κ2) is 10.1. The van der Waals surface area contributed by atoms with Gasteiger partial charge in [0.15, 0.2) is 0 Å². The van der Waals surface area contributed by atoms with Crippen LogP contribution in [0.1, 0.15) is 49.9 Å². The fourth-order valence-corrected chi connectivity index (χ4v) is 2.42. The van der Waals surface area contributed by atoms with Crippen molar-refractivity contribution >= 4 is 0 Å². The molecule has 7 heteroatoms. The zero-order chi connectivity index (χ0) is 16.3. The van der Waals surface area contributed by atoms with Crippen molar-refractivity contribution in [1.82, 2.24) is 30.0 Å². The SMILES string of the molecule is Cc1cn(CCCCCOCCCCCn2cc(C)nn2)nn1. The molecule has 0 aliphatic heterocycles. The van der Waals surface area contributed by atoms with Crippen LogP contribution in [0.25, 0.3) is 0 Å². The Morgan fingerprint density at radius 3 is 1.61 bits per heavy atom. The molecular formula is C16H28N6O. The molecule has 2 heterocycles. The van der Waals surface area contributed by atoms with Crippen molar-refractivity contribution in [3.63, 3.8) is 0 Å².